The number of alkyl halides is 3. The molecule has 0 amide bonds. The van der Waals surface area contributed by atoms with Crippen LogP contribution in [0.1, 0.15) is 17.2 Å². The number of hydrogen-bond donors (Lipinski definition) is 2. The fourth-order valence-corrected chi connectivity index (χ4v) is 1.36. The molecule has 7 heteroatoms. The predicted octanol–water partition coefficient (Wildman–Crippen LogP) is 2.09. The SMILES string of the molecule is COc1ccc([C@H](N)CN)c(C(F)(F)F)c1.Cl. The minimum absolute atomic E-state index is 0. The second-order valence-corrected chi connectivity index (χ2v) is 3.29. The summed E-state index contributed by atoms with van der Waals surface area (Å²) in [4.78, 5) is 0. The van der Waals surface area contributed by atoms with Crippen molar-refractivity contribution in [2.24, 2.45) is 11.5 Å². The van der Waals surface area contributed by atoms with Crippen LogP contribution in [0.4, 0.5) is 13.2 Å². The molecule has 0 heterocycles. The maximum atomic E-state index is 12.7. The molecule has 0 saturated carbocycles. The fraction of sp³-hybridized carbons (Fsp3) is 0.400. The van der Waals surface area contributed by atoms with Gasteiger partial charge in [-0.05, 0) is 17.7 Å². The third kappa shape index (κ3) is 3.76. The van der Waals surface area contributed by atoms with Crippen LogP contribution in [0, 0.1) is 0 Å². The fourth-order valence-electron chi connectivity index (χ4n) is 1.36. The average molecular weight is 271 g/mol. The number of hydrogen-bond acceptors (Lipinski definition) is 3. The number of methoxy groups -OCH3 is 1. The van der Waals surface area contributed by atoms with Crippen LogP contribution in [0.25, 0.3) is 0 Å². The van der Waals surface area contributed by atoms with E-state index in [1.807, 2.05) is 0 Å². The summed E-state index contributed by atoms with van der Waals surface area (Å²) in [7, 11) is 1.30. The standard InChI is InChI=1S/C10H13F3N2O.ClH/c1-16-6-2-3-7(9(15)5-14)8(4-6)10(11,12)13;/h2-4,9H,5,14-15H2,1H3;1H/t9-;/m1./s1. The summed E-state index contributed by atoms with van der Waals surface area (Å²) in [6.07, 6.45) is -4.46. The maximum absolute atomic E-state index is 12.7. The van der Waals surface area contributed by atoms with E-state index in [0.29, 0.717) is 0 Å². The van der Waals surface area contributed by atoms with E-state index >= 15 is 0 Å². The first-order valence-electron chi connectivity index (χ1n) is 4.61. The molecule has 0 aliphatic carbocycles. The van der Waals surface area contributed by atoms with Gasteiger partial charge in [-0.3, -0.25) is 0 Å². The van der Waals surface area contributed by atoms with E-state index < -0.39 is 17.8 Å². The number of rotatable bonds is 3. The van der Waals surface area contributed by atoms with Crippen LogP contribution in [-0.4, -0.2) is 13.7 Å². The molecule has 0 unspecified atom stereocenters. The molecule has 0 radical (unpaired) electrons. The molecule has 0 saturated heterocycles. The van der Waals surface area contributed by atoms with Gasteiger partial charge in [-0.15, -0.1) is 12.4 Å². The summed E-state index contributed by atoms with van der Waals surface area (Å²) >= 11 is 0. The van der Waals surface area contributed by atoms with Crippen LogP contribution in [0.15, 0.2) is 18.2 Å². The number of nitrogens with two attached hydrogens (primary N) is 2. The van der Waals surface area contributed by atoms with Crippen molar-refractivity contribution in [3.63, 3.8) is 0 Å². The van der Waals surface area contributed by atoms with Gasteiger partial charge in [0.2, 0.25) is 0 Å². The van der Waals surface area contributed by atoms with Gasteiger partial charge in [-0.2, -0.15) is 13.2 Å². The van der Waals surface area contributed by atoms with Crippen molar-refractivity contribution in [1.29, 1.82) is 0 Å². The van der Waals surface area contributed by atoms with Gasteiger partial charge in [0.05, 0.1) is 12.7 Å². The second-order valence-electron chi connectivity index (χ2n) is 3.29. The van der Waals surface area contributed by atoms with Gasteiger partial charge in [-0.1, -0.05) is 6.07 Å². The number of halogens is 4. The average Bonchev–Trinajstić information content (AvgIpc) is 2.26. The van der Waals surface area contributed by atoms with Gasteiger partial charge in [0.25, 0.3) is 0 Å². The van der Waals surface area contributed by atoms with Gasteiger partial charge in [0, 0.05) is 12.6 Å². The molecular weight excluding hydrogens is 257 g/mol. The van der Waals surface area contributed by atoms with E-state index in [0.717, 1.165) is 6.07 Å². The molecule has 17 heavy (non-hydrogen) atoms. The highest BCUT2D eigenvalue weighted by Gasteiger charge is 2.34. The van der Waals surface area contributed by atoms with Crippen LogP contribution in [0.3, 0.4) is 0 Å². The van der Waals surface area contributed by atoms with Crippen molar-refractivity contribution in [2.75, 3.05) is 13.7 Å². The van der Waals surface area contributed by atoms with Gasteiger partial charge in [-0.25, -0.2) is 0 Å². The van der Waals surface area contributed by atoms with Crippen LogP contribution in [0.5, 0.6) is 5.75 Å². The molecule has 1 atom stereocenters. The van der Waals surface area contributed by atoms with Crippen LogP contribution in [-0.2, 0) is 6.18 Å². The Bertz CT molecular complexity index is 371. The lowest BCUT2D eigenvalue weighted by molar-refractivity contribution is -0.138. The van der Waals surface area contributed by atoms with Crippen LogP contribution in [0.2, 0.25) is 0 Å². The van der Waals surface area contributed by atoms with E-state index in [1.54, 1.807) is 0 Å². The molecule has 0 aliphatic heterocycles. The zero-order chi connectivity index (χ0) is 12.3. The van der Waals surface area contributed by atoms with Crippen molar-refractivity contribution < 1.29 is 17.9 Å². The molecule has 0 aromatic heterocycles. The topological polar surface area (TPSA) is 61.3 Å². The summed E-state index contributed by atoms with van der Waals surface area (Å²) < 4.78 is 42.9. The van der Waals surface area contributed by atoms with E-state index in [1.165, 1.54) is 19.2 Å². The molecule has 0 aliphatic rings. The van der Waals surface area contributed by atoms with Crippen LogP contribution < -0.4 is 16.2 Å². The summed E-state index contributed by atoms with van der Waals surface area (Å²) in [6, 6.07) is 2.81. The van der Waals surface area contributed by atoms with Gasteiger partial charge in [0.15, 0.2) is 0 Å². The Morgan fingerprint density at radius 1 is 1.35 bits per heavy atom. The first-order valence-corrected chi connectivity index (χ1v) is 4.61. The van der Waals surface area contributed by atoms with Gasteiger partial charge >= 0.3 is 6.18 Å². The lowest BCUT2D eigenvalue weighted by Crippen LogP contribution is -2.24. The Morgan fingerprint density at radius 2 is 1.94 bits per heavy atom. The monoisotopic (exact) mass is 270 g/mol. The molecule has 0 spiro atoms. The first kappa shape index (κ1) is 16.0. The van der Waals surface area contributed by atoms with Crippen molar-refractivity contribution in [1.82, 2.24) is 0 Å². The van der Waals surface area contributed by atoms with Crippen molar-refractivity contribution >= 4 is 12.4 Å². The Balaban J connectivity index is 0.00000256. The molecule has 3 nitrogen and oxygen atoms in total. The van der Waals surface area contributed by atoms with Crippen molar-refractivity contribution in [3.8, 4) is 5.75 Å². The highest BCUT2D eigenvalue weighted by molar-refractivity contribution is 5.85. The van der Waals surface area contributed by atoms with Crippen LogP contribution >= 0.6 is 12.4 Å². The zero-order valence-electron chi connectivity index (χ0n) is 9.12. The quantitative estimate of drug-likeness (QED) is 0.884. The Morgan fingerprint density at radius 3 is 2.35 bits per heavy atom. The van der Waals surface area contributed by atoms with E-state index in [2.05, 4.69) is 0 Å². The Kier molecular flexibility index (Phi) is 5.74. The first-order chi connectivity index (χ1) is 7.40. The largest absolute Gasteiger partial charge is 0.497 e. The lowest BCUT2D eigenvalue weighted by atomic mass is 10.00. The summed E-state index contributed by atoms with van der Waals surface area (Å²) in [5.41, 5.74) is 9.96. The summed E-state index contributed by atoms with van der Waals surface area (Å²) in [5, 5.41) is 0. The van der Waals surface area contributed by atoms with Gasteiger partial charge in [0.1, 0.15) is 5.75 Å². The Hall–Kier alpha value is -0.980. The molecule has 1 rings (SSSR count). The summed E-state index contributed by atoms with van der Waals surface area (Å²) in [6.45, 7) is -0.0462. The molecule has 1 aromatic carbocycles. The molecular formula is C10H14ClF3N2O. The number of ether oxygens (including phenoxy) is 1. The molecule has 1 aromatic rings. The maximum Gasteiger partial charge on any atom is 0.416 e. The van der Waals surface area contributed by atoms with Gasteiger partial charge < -0.3 is 16.2 Å². The summed E-state index contributed by atoms with van der Waals surface area (Å²) in [5.74, 6) is 0.139. The highest BCUT2D eigenvalue weighted by atomic mass is 35.5. The third-order valence-electron chi connectivity index (χ3n) is 2.22. The number of benzene rings is 1. The lowest BCUT2D eigenvalue weighted by Gasteiger charge is -2.17. The van der Waals surface area contributed by atoms with E-state index in [4.69, 9.17) is 16.2 Å². The van der Waals surface area contributed by atoms with E-state index in [-0.39, 0.29) is 30.3 Å². The van der Waals surface area contributed by atoms with Crippen molar-refractivity contribution in [2.45, 2.75) is 12.2 Å². The molecule has 0 bridgehead atoms. The zero-order valence-corrected chi connectivity index (χ0v) is 9.94. The molecule has 98 valence electrons. The minimum atomic E-state index is -4.46. The third-order valence-corrected chi connectivity index (χ3v) is 2.22. The normalized spacial score (nSPS) is 12.8. The Labute approximate surface area is 103 Å². The predicted molar refractivity (Wildman–Crippen MR) is 61.2 cm³/mol. The second kappa shape index (κ2) is 6.09. The molecule has 0 fully saturated rings. The van der Waals surface area contributed by atoms with E-state index in [9.17, 15) is 13.2 Å². The smallest absolute Gasteiger partial charge is 0.416 e. The molecule has 4 N–H and O–H groups in total. The van der Waals surface area contributed by atoms with Crippen molar-refractivity contribution in [3.05, 3.63) is 29.3 Å². The minimum Gasteiger partial charge on any atom is -0.497 e. The highest BCUT2D eigenvalue weighted by Crippen LogP contribution is 2.36.